The van der Waals surface area contributed by atoms with Gasteiger partial charge in [0.1, 0.15) is 0 Å². The fourth-order valence-electron chi connectivity index (χ4n) is 14.8. The first-order valence-corrected chi connectivity index (χ1v) is 36.5. The molecule has 0 spiro atoms. The number of hydrogen-bond donors (Lipinski definition) is 0. The Labute approximate surface area is 627 Å². The molecule has 17 aromatic carbocycles. The van der Waals surface area contributed by atoms with Crippen LogP contribution in [0.3, 0.4) is 0 Å². The van der Waals surface area contributed by atoms with Gasteiger partial charge in [0, 0.05) is 119 Å². The Balaban J connectivity index is 0.663. The van der Waals surface area contributed by atoms with Crippen molar-refractivity contribution in [1.29, 1.82) is 0 Å². The molecule has 0 atom stereocenters. The highest BCUT2D eigenvalue weighted by Crippen LogP contribution is 2.48. The van der Waals surface area contributed by atoms with Crippen LogP contribution in [0.4, 0.5) is 119 Å². The number of para-hydroxylation sites is 5. The van der Waals surface area contributed by atoms with E-state index in [2.05, 4.69) is 479 Å². The second-order valence-electron chi connectivity index (χ2n) is 26.8. The maximum atomic E-state index is 2.37. The van der Waals surface area contributed by atoms with E-state index in [9.17, 15) is 0 Å². The Hall–Kier alpha value is -14.1. The Morgan fingerprint density at radius 2 is 0.299 bits per heavy atom. The highest BCUT2D eigenvalue weighted by Gasteiger charge is 2.24. The molecule has 0 unspecified atom stereocenters. The van der Waals surface area contributed by atoms with Gasteiger partial charge < -0.3 is 34.3 Å². The van der Waals surface area contributed by atoms with Crippen LogP contribution in [0.2, 0.25) is 0 Å². The zero-order valence-corrected chi connectivity index (χ0v) is 59.6. The molecule has 7 heteroatoms. The van der Waals surface area contributed by atoms with Crippen molar-refractivity contribution >= 4 is 141 Å². The Morgan fingerprint density at radius 1 is 0.131 bits per heavy atom. The minimum Gasteiger partial charge on any atom is -0.311 e. The summed E-state index contributed by atoms with van der Waals surface area (Å²) in [5.74, 6) is 0. The number of nitrogens with zero attached hydrogens (tertiary/aromatic N) is 7. The first kappa shape index (κ1) is 66.1. The molecular formula is C100H77N7. The predicted octanol–water partition coefficient (Wildman–Crippen LogP) is 28.9. The quantitative estimate of drug-likeness (QED) is 0.0706. The van der Waals surface area contributed by atoms with E-state index < -0.39 is 0 Å². The molecule has 0 heterocycles. The summed E-state index contributed by atoms with van der Waals surface area (Å²) in [6, 6.07) is 155. The van der Waals surface area contributed by atoms with Crippen LogP contribution in [0, 0.1) is 13.8 Å². The number of benzene rings is 17. The molecule has 0 bridgehead atoms. The molecule has 0 aliphatic carbocycles. The van der Waals surface area contributed by atoms with Crippen LogP contribution in [-0.4, -0.2) is 0 Å². The van der Waals surface area contributed by atoms with Gasteiger partial charge in [-0.1, -0.05) is 188 Å². The first-order valence-electron chi connectivity index (χ1n) is 36.5. The number of hydrogen-bond acceptors (Lipinski definition) is 7. The molecule has 0 saturated carbocycles. The van der Waals surface area contributed by atoms with E-state index in [-0.39, 0.29) is 0 Å². The first-order chi connectivity index (χ1) is 52.9. The fraction of sp³-hybridized carbons (Fsp3) is 0.0200. The predicted molar refractivity (Wildman–Crippen MR) is 454 cm³/mol. The van der Waals surface area contributed by atoms with E-state index in [0.717, 1.165) is 119 Å². The van der Waals surface area contributed by atoms with Crippen LogP contribution in [0.1, 0.15) is 11.1 Å². The van der Waals surface area contributed by atoms with Crippen molar-refractivity contribution in [1.82, 2.24) is 0 Å². The number of rotatable bonds is 21. The third kappa shape index (κ3) is 13.8. The summed E-state index contributed by atoms with van der Waals surface area (Å²) in [5, 5.41) is 4.79. The van der Waals surface area contributed by atoms with Crippen LogP contribution >= 0.6 is 0 Å². The summed E-state index contributed by atoms with van der Waals surface area (Å²) in [7, 11) is 0. The highest BCUT2D eigenvalue weighted by atomic mass is 15.2. The minimum absolute atomic E-state index is 1.03. The molecule has 512 valence electrons. The molecule has 17 rings (SSSR count). The fourth-order valence-corrected chi connectivity index (χ4v) is 14.8. The number of fused-ring (bicyclic) bond motifs is 2. The van der Waals surface area contributed by atoms with Gasteiger partial charge in [0.15, 0.2) is 0 Å². The molecule has 0 aliphatic rings. The van der Waals surface area contributed by atoms with Crippen molar-refractivity contribution in [3.05, 3.63) is 442 Å². The maximum absolute atomic E-state index is 2.37. The molecule has 17 aromatic rings. The topological polar surface area (TPSA) is 22.7 Å². The molecule has 0 N–H and O–H groups in total. The largest absolute Gasteiger partial charge is 0.311 e. The third-order valence-electron chi connectivity index (χ3n) is 19.8. The second-order valence-corrected chi connectivity index (χ2v) is 26.8. The molecule has 0 saturated heterocycles. The monoisotopic (exact) mass is 1380 g/mol. The van der Waals surface area contributed by atoms with E-state index in [1.54, 1.807) is 0 Å². The Bertz CT molecular complexity index is 5470. The van der Waals surface area contributed by atoms with E-state index in [1.807, 2.05) is 0 Å². The van der Waals surface area contributed by atoms with Crippen molar-refractivity contribution in [2.45, 2.75) is 13.8 Å². The average Bonchev–Trinajstić information content (AvgIpc) is 0.783. The van der Waals surface area contributed by atoms with Crippen LogP contribution in [0.15, 0.2) is 431 Å². The van der Waals surface area contributed by atoms with E-state index in [4.69, 9.17) is 0 Å². The van der Waals surface area contributed by atoms with Gasteiger partial charge in [0.2, 0.25) is 0 Å². The summed E-state index contributed by atoms with van der Waals surface area (Å²) in [4.78, 5) is 16.4. The third-order valence-corrected chi connectivity index (χ3v) is 19.8. The van der Waals surface area contributed by atoms with E-state index in [0.29, 0.717) is 0 Å². The van der Waals surface area contributed by atoms with Crippen LogP contribution in [-0.2, 0) is 0 Å². The standard InChI is InChI=1S/C100H77N7/c1-74-26-22-42-95(72-74)106(99-46-24-30-76-28-18-20-44-97(76)99)93-68-64-91(65-69-93)104(81-38-14-6-15-39-81)89-60-56-87(57-61-89)102(79-34-10-4-11-35-79)85-52-48-83(49-53-85)101(78-32-8-3-9-33-78)84-50-54-86(55-51-84)103(80-36-12-5-13-37-80)88-58-62-90(63-59-88)105(82-40-16-7-17-41-82)92-66-70-94(71-67-92)107(96-43-23-27-75(2)73-96)100-47-25-31-77-29-19-21-45-98(77)100/h3-73H,1-2H3. The van der Waals surface area contributed by atoms with Crippen LogP contribution in [0.25, 0.3) is 21.5 Å². The Kier molecular flexibility index (Phi) is 18.6. The summed E-state index contributed by atoms with van der Waals surface area (Å²) in [6.45, 7) is 4.31. The lowest BCUT2D eigenvalue weighted by molar-refractivity contribution is 1.23. The van der Waals surface area contributed by atoms with Crippen molar-refractivity contribution in [3.63, 3.8) is 0 Å². The van der Waals surface area contributed by atoms with E-state index in [1.165, 1.54) is 32.7 Å². The number of aryl methyl sites for hydroxylation is 2. The summed E-state index contributed by atoms with van der Waals surface area (Å²) in [5.41, 5.74) is 24.7. The Morgan fingerprint density at radius 3 is 0.523 bits per heavy atom. The summed E-state index contributed by atoms with van der Waals surface area (Å²) < 4.78 is 0. The van der Waals surface area contributed by atoms with Crippen LogP contribution < -0.4 is 34.3 Å². The van der Waals surface area contributed by atoms with Gasteiger partial charge in [0.05, 0.1) is 11.4 Å². The smallest absolute Gasteiger partial charge is 0.0540 e. The van der Waals surface area contributed by atoms with Gasteiger partial charge in [-0.25, -0.2) is 0 Å². The van der Waals surface area contributed by atoms with E-state index >= 15 is 0 Å². The van der Waals surface area contributed by atoms with Gasteiger partial charge in [-0.3, -0.25) is 0 Å². The van der Waals surface area contributed by atoms with Gasteiger partial charge in [-0.05, 0) is 278 Å². The molecule has 7 nitrogen and oxygen atoms in total. The average molecular weight is 1380 g/mol. The van der Waals surface area contributed by atoms with Crippen molar-refractivity contribution in [2.75, 3.05) is 34.3 Å². The lowest BCUT2D eigenvalue weighted by atomic mass is 10.1. The van der Waals surface area contributed by atoms with Crippen molar-refractivity contribution in [2.24, 2.45) is 0 Å². The molecule has 0 radical (unpaired) electrons. The molecule has 107 heavy (non-hydrogen) atoms. The zero-order valence-electron chi connectivity index (χ0n) is 59.6. The molecular weight excluding hydrogens is 1300 g/mol. The molecule has 0 fully saturated rings. The lowest BCUT2D eigenvalue weighted by Crippen LogP contribution is -2.14. The summed E-state index contributed by atoms with van der Waals surface area (Å²) >= 11 is 0. The van der Waals surface area contributed by atoms with Crippen molar-refractivity contribution < 1.29 is 0 Å². The highest BCUT2D eigenvalue weighted by molar-refractivity contribution is 6.01. The van der Waals surface area contributed by atoms with Gasteiger partial charge in [0.25, 0.3) is 0 Å². The molecule has 0 amide bonds. The van der Waals surface area contributed by atoms with Crippen molar-refractivity contribution in [3.8, 4) is 0 Å². The van der Waals surface area contributed by atoms with Gasteiger partial charge in [-0.15, -0.1) is 0 Å². The normalized spacial score (nSPS) is 11.1. The van der Waals surface area contributed by atoms with Gasteiger partial charge in [-0.2, -0.15) is 0 Å². The minimum atomic E-state index is 1.03. The van der Waals surface area contributed by atoms with Crippen LogP contribution in [0.5, 0.6) is 0 Å². The van der Waals surface area contributed by atoms with Gasteiger partial charge >= 0.3 is 0 Å². The zero-order chi connectivity index (χ0) is 71.8. The second kappa shape index (κ2) is 30.0. The molecule has 0 aliphatic heterocycles. The lowest BCUT2D eigenvalue weighted by Gasteiger charge is -2.30. The number of anilines is 21. The summed E-state index contributed by atoms with van der Waals surface area (Å²) in [6.07, 6.45) is 0. The maximum Gasteiger partial charge on any atom is 0.0540 e. The SMILES string of the molecule is Cc1cccc(N(c2ccc(N(c3ccccc3)c3ccc(N(c4ccccc4)c4ccc(N(c5ccccc5)c5ccc(N(c6ccccc6)c6ccc(N(c7ccccc7)c7ccc(N(c8cccc(C)c8)c8cccc9ccccc89)cc7)cc6)cc5)cc4)cc3)cc2)c2cccc3ccccc23)c1. The molecule has 0 aromatic heterocycles.